The quantitative estimate of drug-likeness (QED) is 0.756. The summed E-state index contributed by atoms with van der Waals surface area (Å²) in [5.74, 6) is 0. The third-order valence-corrected chi connectivity index (χ3v) is 4.03. The van der Waals surface area contributed by atoms with Gasteiger partial charge in [0.25, 0.3) is 0 Å². The van der Waals surface area contributed by atoms with Gasteiger partial charge in [-0.25, -0.2) is 0 Å². The van der Waals surface area contributed by atoms with Crippen LogP contribution in [0.3, 0.4) is 0 Å². The standard InChI is InChI=1S/C16H16N2OS/c19-16(13-5-6-20-11-13)10-18-9-14-8-17-7-12-3-1-2-4-15(12)14/h1-8,11,16,18-19H,9-10H2. The van der Waals surface area contributed by atoms with Crippen LogP contribution in [0.5, 0.6) is 0 Å². The highest BCUT2D eigenvalue weighted by Crippen LogP contribution is 2.18. The molecule has 0 saturated heterocycles. The summed E-state index contributed by atoms with van der Waals surface area (Å²) in [7, 11) is 0. The molecule has 0 bridgehead atoms. The fourth-order valence-electron chi connectivity index (χ4n) is 2.25. The molecule has 0 amide bonds. The van der Waals surface area contributed by atoms with Crippen molar-refractivity contribution in [2.45, 2.75) is 12.6 Å². The Morgan fingerprint density at radius 3 is 2.95 bits per heavy atom. The van der Waals surface area contributed by atoms with E-state index >= 15 is 0 Å². The van der Waals surface area contributed by atoms with E-state index in [2.05, 4.69) is 22.4 Å². The summed E-state index contributed by atoms with van der Waals surface area (Å²) in [6.07, 6.45) is 3.30. The molecule has 2 N–H and O–H groups in total. The summed E-state index contributed by atoms with van der Waals surface area (Å²) in [6.45, 7) is 1.25. The lowest BCUT2D eigenvalue weighted by Gasteiger charge is -2.11. The maximum atomic E-state index is 10.0. The van der Waals surface area contributed by atoms with Crippen LogP contribution < -0.4 is 5.32 Å². The molecule has 3 aromatic rings. The topological polar surface area (TPSA) is 45.1 Å². The molecule has 2 heterocycles. The van der Waals surface area contributed by atoms with Gasteiger partial charge in [0, 0.05) is 30.9 Å². The molecule has 1 atom stereocenters. The Morgan fingerprint density at radius 1 is 1.20 bits per heavy atom. The SMILES string of the molecule is OC(CNCc1cncc2ccccc12)c1ccsc1. The van der Waals surface area contributed by atoms with E-state index in [4.69, 9.17) is 0 Å². The summed E-state index contributed by atoms with van der Waals surface area (Å²) < 4.78 is 0. The summed E-state index contributed by atoms with van der Waals surface area (Å²) in [6, 6.07) is 10.2. The number of aliphatic hydroxyl groups is 1. The summed E-state index contributed by atoms with van der Waals surface area (Å²) in [5.41, 5.74) is 2.12. The van der Waals surface area contributed by atoms with Gasteiger partial charge < -0.3 is 10.4 Å². The van der Waals surface area contributed by atoms with E-state index in [0.29, 0.717) is 13.1 Å². The molecule has 1 unspecified atom stereocenters. The average molecular weight is 284 g/mol. The minimum Gasteiger partial charge on any atom is -0.387 e. The van der Waals surface area contributed by atoms with Gasteiger partial charge in [-0.1, -0.05) is 24.3 Å². The van der Waals surface area contributed by atoms with Crippen LogP contribution in [-0.4, -0.2) is 16.6 Å². The number of fused-ring (bicyclic) bond motifs is 1. The summed E-state index contributed by atoms with van der Waals surface area (Å²) in [4.78, 5) is 4.26. The van der Waals surface area contributed by atoms with Crippen LogP contribution in [0.25, 0.3) is 10.8 Å². The Bertz CT molecular complexity index is 677. The predicted octanol–water partition coefficient (Wildman–Crippen LogP) is 3.12. The fourth-order valence-corrected chi connectivity index (χ4v) is 2.95. The maximum Gasteiger partial charge on any atom is 0.0922 e. The Morgan fingerprint density at radius 2 is 2.10 bits per heavy atom. The highest BCUT2D eigenvalue weighted by molar-refractivity contribution is 7.07. The van der Waals surface area contributed by atoms with E-state index < -0.39 is 6.10 Å². The van der Waals surface area contributed by atoms with Gasteiger partial charge in [-0.15, -0.1) is 0 Å². The second-order valence-corrected chi connectivity index (χ2v) is 5.50. The smallest absolute Gasteiger partial charge is 0.0922 e. The highest BCUT2D eigenvalue weighted by Gasteiger charge is 2.07. The lowest BCUT2D eigenvalue weighted by Crippen LogP contribution is -2.21. The van der Waals surface area contributed by atoms with Crippen molar-refractivity contribution in [1.82, 2.24) is 10.3 Å². The van der Waals surface area contributed by atoms with Gasteiger partial charge >= 0.3 is 0 Å². The number of rotatable bonds is 5. The third-order valence-electron chi connectivity index (χ3n) is 3.33. The Labute approximate surface area is 121 Å². The number of aromatic nitrogens is 1. The van der Waals surface area contributed by atoms with Crippen LogP contribution >= 0.6 is 11.3 Å². The molecule has 1 aromatic carbocycles. The van der Waals surface area contributed by atoms with Crippen molar-refractivity contribution in [1.29, 1.82) is 0 Å². The number of hydrogen-bond acceptors (Lipinski definition) is 4. The second kappa shape index (κ2) is 6.13. The van der Waals surface area contributed by atoms with Gasteiger partial charge in [0.2, 0.25) is 0 Å². The monoisotopic (exact) mass is 284 g/mol. The number of nitrogens with one attached hydrogen (secondary N) is 1. The van der Waals surface area contributed by atoms with Crippen molar-refractivity contribution >= 4 is 22.1 Å². The molecule has 0 aliphatic rings. The van der Waals surface area contributed by atoms with E-state index in [1.165, 1.54) is 5.39 Å². The number of thiophene rings is 1. The first kappa shape index (κ1) is 13.2. The minimum absolute atomic E-state index is 0.454. The van der Waals surface area contributed by atoms with Crippen molar-refractivity contribution in [3.8, 4) is 0 Å². The molecule has 0 radical (unpaired) electrons. The Kier molecular flexibility index (Phi) is 4.06. The van der Waals surface area contributed by atoms with Crippen molar-refractivity contribution in [3.63, 3.8) is 0 Å². The van der Waals surface area contributed by atoms with Gasteiger partial charge in [0.15, 0.2) is 0 Å². The van der Waals surface area contributed by atoms with Gasteiger partial charge in [0.1, 0.15) is 0 Å². The van der Waals surface area contributed by atoms with Crippen LogP contribution in [0, 0.1) is 0 Å². The number of aliphatic hydroxyl groups excluding tert-OH is 1. The van der Waals surface area contributed by atoms with E-state index in [-0.39, 0.29) is 0 Å². The largest absolute Gasteiger partial charge is 0.387 e. The Hall–Kier alpha value is -1.75. The Balaban J connectivity index is 1.66. The van der Waals surface area contributed by atoms with Gasteiger partial charge in [-0.3, -0.25) is 4.98 Å². The highest BCUT2D eigenvalue weighted by atomic mass is 32.1. The molecule has 0 aliphatic carbocycles. The third kappa shape index (κ3) is 2.88. The molecular formula is C16H16N2OS. The number of pyridine rings is 1. The minimum atomic E-state index is -0.454. The number of nitrogens with zero attached hydrogens (tertiary/aromatic N) is 1. The molecule has 102 valence electrons. The van der Waals surface area contributed by atoms with E-state index in [1.54, 1.807) is 11.3 Å². The average Bonchev–Trinajstić information content (AvgIpc) is 3.02. The molecule has 0 fully saturated rings. The number of benzene rings is 1. The van der Waals surface area contributed by atoms with E-state index in [0.717, 1.165) is 16.5 Å². The van der Waals surface area contributed by atoms with Gasteiger partial charge in [-0.05, 0) is 33.3 Å². The first-order valence-corrected chi connectivity index (χ1v) is 7.51. The van der Waals surface area contributed by atoms with E-state index in [9.17, 15) is 5.11 Å². The molecule has 0 aliphatic heterocycles. The van der Waals surface area contributed by atoms with Gasteiger partial charge in [-0.2, -0.15) is 11.3 Å². The normalized spacial score (nSPS) is 12.7. The number of hydrogen-bond donors (Lipinski definition) is 2. The van der Waals surface area contributed by atoms with Crippen molar-refractivity contribution in [3.05, 3.63) is 64.6 Å². The molecule has 0 spiro atoms. The second-order valence-electron chi connectivity index (χ2n) is 4.72. The molecule has 20 heavy (non-hydrogen) atoms. The molecular weight excluding hydrogens is 268 g/mol. The summed E-state index contributed by atoms with van der Waals surface area (Å²) in [5, 5.41) is 19.6. The maximum absolute atomic E-state index is 10.0. The zero-order chi connectivity index (χ0) is 13.8. The van der Waals surface area contributed by atoms with Crippen LogP contribution in [0.15, 0.2) is 53.5 Å². The van der Waals surface area contributed by atoms with Crippen LogP contribution in [0.4, 0.5) is 0 Å². The fraction of sp³-hybridized carbons (Fsp3) is 0.188. The van der Waals surface area contributed by atoms with Crippen LogP contribution in [-0.2, 0) is 6.54 Å². The molecule has 2 aromatic heterocycles. The van der Waals surface area contributed by atoms with Crippen molar-refractivity contribution < 1.29 is 5.11 Å². The molecule has 3 nitrogen and oxygen atoms in total. The van der Waals surface area contributed by atoms with E-state index in [1.807, 2.05) is 41.4 Å². The van der Waals surface area contributed by atoms with Gasteiger partial charge in [0.05, 0.1) is 6.10 Å². The molecule has 4 heteroatoms. The summed E-state index contributed by atoms with van der Waals surface area (Å²) >= 11 is 1.60. The van der Waals surface area contributed by atoms with Crippen LogP contribution in [0.2, 0.25) is 0 Å². The first-order valence-electron chi connectivity index (χ1n) is 6.57. The zero-order valence-corrected chi connectivity index (χ0v) is 11.8. The van der Waals surface area contributed by atoms with Crippen molar-refractivity contribution in [2.24, 2.45) is 0 Å². The zero-order valence-electron chi connectivity index (χ0n) is 11.0. The van der Waals surface area contributed by atoms with Crippen molar-refractivity contribution in [2.75, 3.05) is 6.54 Å². The first-order chi connectivity index (χ1) is 9.84. The lowest BCUT2D eigenvalue weighted by molar-refractivity contribution is 0.175. The lowest BCUT2D eigenvalue weighted by atomic mass is 10.1. The molecule has 3 rings (SSSR count). The predicted molar refractivity (Wildman–Crippen MR) is 82.7 cm³/mol. The van der Waals surface area contributed by atoms with Crippen LogP contribution in [0.1, 0.15) is 17.2 Å². The molecule has 0 saturated carbocycles.